The quantitative estimate of drug-likeness (QED) is 0.187. The summed E-state index contributed by atoms with van der Waals surface area (Å²) in [7, 11) is 0. The van der Waals surface area contributed by atoms with Crippen molar-refractivity contribution in [2.24, 2.45) is 0 Å². The standard InChI is InChI=1S/C46H28N4S/c1-2-12-30(13-3-1)46-47-43(45-44(48-46)36-17-7-11-21-42(36)51-45)29-22-24-31(25-23-29)49-40-20-10-6-16-35(40)37-28-32(26-27-41(37)49)50-38-18-8-4-14-33(38)34-15-5-9-19-39(34)50/h1-28H. The molecule has 5 heteroatoms. The van der Waals surface area contributed by atoms with Crippen molar-refractivity contribution in [2.45, 2.75) is 0 Å². The fourth-order valence-electron chi connectivity index (χ4n) is 7.85. The minimum Gasteiger partial charge on any atom is -0.309 e. The summed E-state index contributed by atoms with van der Waals surface area (Å²) >= 11 is 1.76. The molecule has 7 aromatic carbocycles. The van der Waals surface area contributed by atoms with E-state index < -0.39 is 0 Å². The maximum atomic E-state index is 5.20. The van der Waals surface area contributed by atoms with Crippen LogP contribution >= 0.6 is 11.3 Å². The normalized spacial score (nSPS) is 11.9. The number of aromatic nitrogens is 4. The van der Waals surface area contributed by atoms with Gasteiger partial charge < -0.3 is 9.13 Å². The van der Waals surface area contributed by atoms with Crippen LogP contribution in [0.1, 0.15) is 0 Å². The molecule has 0 N–H and O–H groups in total. The molecule has 51 heavy (non-hydrogen) atoms. The van der Waals surface area contributed by atoms with Crippen LogP contribution in [0.4, 0.5) is 0 Å². The highest BCUT2D eigenvalue weighted by Gasteiger charge is 2.19. The fraction of sp³-hybridized carbons (Fsp3) is 0. The number of fused-ring (bicyclic) bond motifs is 9. The maximum Gasteiger partial charge on any atom is 0.160 e. The first-order chi connectivity index (χ1) is 25.3. The molecule has 0 aliphatic rings. The average Bonchev–Trinajstić information content (AvgIpc) is 3.86. The van der Waals surface area contributed by atoms with Gasteiger partial charge in [0, 0.05) is 54.1 Å². The molecular weight excluding hydrogens is 641 g/mol. The molecule has 0 saturated carbocycles. The van der Waals surface area contributed by atoms with Crippen LogP contribution in [-0.4, -0.2) is 19.1 Å². The Morgan fingerprint density at radius 3 is 1.61 bits per heavy atom. The van der Waals surface area contributed by atoms with E-state index in [1.54, 1.807) is 11.3 Å². The summed E-state index contributed by atoms with van der Waals surface area (Å²) in [6, 6.07) is 60.7. The zero-order valence-corrected chi connectivity index (χ0v) is 28.2. The van der Waals surface area contributed by atoms with Crippen molar-refractivity contribution in [1.29, 1.82) is 0 Å². The van der Waals surface area contributed by atoms with Gasteiger partial charge in [0.2, 0.25) is 0 Å². The third-order valence-corrected chi connectivity index (χ3v) is 11.3. The molecule has 0 bridgehead atoms. The smallest absolute Gasteiger partial charge is 0.160 e. The Labute approximate surface area is 297 Å². The molecule has 0 fully saturated rings. The second kappa shape index (κ2) is 11.0. The summed E-state index contributed by atoms with van der Waals surface area (Å²) in [5.41, 5.74) is 11.1. The van der Waals surface area contributed by atoms with Gasteiger partial charge in [0.1, 0.15) is 0 Å². The Hall–Kier alpha value is -6.56. The SMILES string of the molecule is c1ccc(-c2nc(-c3ccc(-n4c5ccccc5c5cc(-n6c7ccccc7c7ccccc76)ccc54)cc3)c3sc4ccccc4c3n2)cc1. The Balaban J connectivity index is 1.08. The Morgan fingerprint density at radius 2 is 0.922 bits per heavy atom. The third kappa shape index (κ3) is 4.25. The van der Waals surface area contributed by atoms with Gasteiger partial charge in [0.25, 0.3) is 0 Å². The van der Waals surface area contributed by atoms with Gasteiger partial charge in [-0.05, 0) is 54.6 Å². The lowest BCUT2D eigenvalue weighted by atomic mass is 10.1. The number of thiophene rings is 1. The van der Waals surface area contributed by atoms with E-state index in [1.165, 1.54) is 53.7 Å². The molecule has 4 nitrogen and oxygen atoms in total. The summed E-state index contributed by atoms with van der Waals surface area (Å²) in [5, 5.41) is 6.16. The summed E-state index contributed by atoms with van der Waals surface area (Å²) in [6.07, 6.45) is 0. The van der Waals surface area contributed by atoms with Crippen molar-refractivity contribution >= 4 is 75.3 Å². The minimum atomic E-state index is 0.743. The van der Waals surface area contributed by atoms with Crippen molar-refractivity contribution in [2.75, 3.05) is 0 Å². The van der Waals surface area contributed by atoms with Gasteiger partial charge in [0.05, 0.1) is 38.0 Å². The number of benzene rings is 7. The van der Waals surface area contributed by atoms with Gasteiger partial charge in [-0.2, -0.15) is 0 Å². The second-order valence-electron chi connectivity index (χ2n) is 13.0. The lowest BCUT2D eigenvalue weighted by molar-refractivity contribution is 1.16. The van der Waals surface area contributed by atoms with E-state index in [0.717, 1.165) is 44.2 Å². The van der Waals surface area contributed by atoms with Crippen LogP contribution in [0.5, 0.6) is 0 Å². The zero-order valence-electron chi connectivity index (χ0n) is 27.4. The van der Waals surface area contributed by atoms with Crippen LogP contribution in [0, 0.1) is 0 Å². The van der Waals surface area contributed by atoms with Crippen LogP contribution in [-0.2, 0) is 0 Å². The molecule has 11 aromatic rings. The van der Waals surface area contributed by atoms with Crippen LogP contribution in [0.3, 0.4) is 0 Å². The summed E-state index contributed by atoms with van der Waals surface area (Å²) < 4.78 is 7.10. The van der Waals surface area contributed by atoms with Gasteiger partial charge >= 0.3 is 0 Å². The monoisotopic (exact) mass is 668 g/mol. The molecule has 0 spiro atoms. The minimum absolute atomic E-state index is 0.743. The predicted octanol–water partition coefficient (Wildman–Crippen LogP) is 12.4. The van der Waals surface area contributed by atoms with Crippen molar-refractivity contribution in [3.8, 4) is 34.0 Å². The van der Waals surface area contributed by atoms with Gasteiger partial charge in [-0.1, -0.05) is 115 Å². The van der Waals surface area contributed by atoms with Crippen molar-refractivity contribution in [3.63, 3.8) is 0 Å². The van der Waals surface area contributed by atoms with E-state index in [1.807, 2.05) is 18.2 Å². The molecule has 0 radical (unpaired) electrons. The van der Waals surface area contributed by atoms with Crippen molar-refractivity contribution in [3.05, 3.63) is 170 Å². The summed E-state index contributed by atoms with van der Waals surface area (Å²) in [6.45, 7) is 0. The molecular formula is C46H28N4S. The van der Waals surface area contributed by atoms with Gasteiger partial charge in [-0.25, -0.2) is 9.97 Å². The first-order valence-electron chi connectivity index (χ1n) is 17.2. The molecule has 0 aliphatic carbocycles. The number of hydrogen-bond acceptors (Lipinski definition) is 3. The number of rotatable bonds is 4. The molecule has 0 atom stereocenters. The highest BCUT2D eigenvalue weighted by atomic mass is 32.1. The molecule has 0 saturated heterocycles. The molecule has 4 heterocycles. The third-order valence-electron chi connectivity index (χ3n) is 10.1. The first-order valence-corrected chi connectivity index (χ1v) is 18.0. The lowest BCUT2D eigenvalue weighted by Gasteiger charge is -2.11. The maximum absolute atomic E-state index is 5.20. The topological polar surface area (TPSA) is 35.6 Å². The number of para-hydroxylation sites is 3. The van der Waals surface area contributed by atoms with Crippen LogP contribution in [0.15, 0.2) is 170 Å². The van der Waals surface area contributed by atoms with E-state index in [0.29, 0.717) is 0 Å². The highest BCUT2D eigenvalue weighted by molar-refractivity contribution is 7.26. The van der Waals surface area contributed by atoms with Gasteiger partial charge in [-0.3, -0.25) is 0 Å². The van der Waals surface area contributed by atoms with Crippen LogP contribution in [0.2, 0.25) is 0 Å². The van der Waals surface area contributed by atoms with E-state index in [2.05, 4.69) is 161 Å². The molecule has 238 valence electrons. The van der Waals surface area contributed by atoms with E-state index in [4.69, 9.17) is 9.97 Å². The number of nitrogens with zero attached hydrogens (tertiary/aromatic N) is 4. The zero-order chi connectivity index (χ0) is 33.5. The molecule has 4 aromatic heterocycles. The first kappa shape index (κ1) is 28.3. The number of hydrogen-bond donors (Lipinski definition) is 0. The Kier molecular flexibility index (Phi) is 6.09. The fourth-order valence-corrected chi connectivity index (χ4v) is 9.00. The van der Waals surface area contributed by atoms with Crippen LogP contribution in [0.25, 0.3) is 97.9 Å². The van der Waals surface area contributed by atoms with E-state index in [-0.39, 0.29) is 0 Å². The van der Waals surface area contributed by atoms with Gasteiger partial charge in [-0.15, -0.1) is 11.3 Å². The highest BCUT2D eigenvalue weighted by Crippen LogP contribution is 2.41. The summed E-state index contributed by atoms with van der Waals surface area (Å²) in [4.78, 5) is 10.3. The van der Waals surface area contributed by atoms with Crippen LogP contribution < -0.4 is 0 Å². The van der Waals surface area contributed by atoms with Crippen molar-refractivity contribution < 1.29 is 0 Å². The van der Waals surface area contributed by atoms with Gasteiger partial charge in [0.15, 0.2) is 5.82 Å². The second-order valence-corrected chi connectivity index (χ2v) is 14.1. The molecule has 0 aliphatic heterocycles. The van der Waals surface area contributed by atoms with E-state index in [9.17, 15) is 0 Å². The van der Waals surface area contributed by atoms with Crippen molar-refractivity contribution in [1.82, 2.24) is 19.1 Å². The largest absolute Gasteiger partial charge is 0.309 e. The molecule has 11 rings (SSSR count). The van der Waals surface area contributed by atoms with E-state index >= 15 is 0 Å². The Morgan fingerprint density at radius 1 is 0.392 bits per heavy atom. The molecule has 0 unspecified atom stereocenters. The average molecular weight is 669 g/mol. The lowest BCUT2D eigenvalue weighted by Crippen LogP contribution is -1.96. The predicted molar refractivity (Wildman–Crippen MR) is 214 cm³/mol. The molecule has 0 amide bonds. The summed E-state index contributed by atoms with van der Waals surface area (Å²) in [5.74, 6) is 0.743. The Bertz CT molecular complexity index is 3080.